The average molecular weight is 677 g/mol. The number of nitrogens with zero attached hydrogens (tertiary/aromatic N) is 2. The molecule has 40 heavy (non-hydrogen) atoms. The van der Waals surface area contributed by atoms with Gasteiger partial charge in [0.25, 0.3) is 0 Å². The number of nitrogens with one attached hydrogen (secondary N) is 1. The maximum absolute atomic E-state index is 14.9. The Morgan fingerprint density at radius 3 is 2.77 bits per heavy atom. The van der Waals surface area contributed by atoms with Gasteiger partial charge in [-0.25, -0.2) is 0 Å². The standard InChI is InChI=1S/C33H44ClIN3O2/c1-2-40-30-15-17-33(27-13-14-31(34)36-21-26(27)30)22-37-35-20-28(33)32(39)38-18-16-25(23-9-5-3-6-10-23)19-29(38)24-11-7-4-8-12-24/h3,5-6,9-10,13-14,24-25,28-30,37H,2,4,7-8,11-12,15-22H2,1H3/q-1/t25-,28+,29+,30?,33+/m1/s1. The van der Waals surface area contributed by atoms with Crippen molar-refractivity contribution in [2.24, 2.45) is 22.2 Å². The van der Waals surface area contributed by atoms with Gasteiger partial charge in [-0.2, -0.15) is 0 Å². The number of allylic oxidation sites excluding steroid dienone is 2. The fourth-order valence-corrected chi connectivity index (χ4v) is 11.3. The van der Waals surface area contributed by atoms with Gasteiger partial charge in [0.1, 0.15) is 0 Å². The number of hydrogen-bond donors (Lipinski definition) is 1. The Labute approximate surface area is 255 Å². The maximum atomic E-state index is 14.9. The van der Waals surface area contributed by atoms with Gasteiger partial charge in [0.2, 0.25) is 0 Å². The number of likely N-dealkylation sites (tertiary alicyclic amines) is 1. The van der Waals surface area contributed by atoms with Crippen LogP contribution in [0.5, 0.6) is 0 Å². The number of carbonyl (C=O) groups excluding carboxylic acids is 1. The molecule has 0 bridgehead atoms. The Morgan fingerprint density at radius 2 is 1.98 bits per heavy atom. The fraction of sp³-hybridized carbons (Fsp3) is 0.636. The molecule has 5 aliphatic rings. The molecule has 5 nitrogen and oxygen atoms in total. The van der Waals surface area contributed by atoms with E-state index < -0.39 is 0 Å². The van der Waals surface area contributed by atoms with E-state index in [1.54, 1.807) is 0 Å². The summed E-state index contributed by atoms with van der Waals surface area (Å²) in [5, 5.41) is 0.541. The van der Waals surface area contributed by atoms with Crippen LogP contribution in [0.3, 0.4) is 0 Å². The van der Waals surface area contributed by atoms with Crippen molar-refractivity contribution in [1.29, 1.82) is 0 Å². The Kier molecular flexibility index (Phi) is 9.36. The van der Waals surface area contributed by atoms with Crippen LogP contribution in [-0.4, -0.2) is 58.8 Å². The first-order valence-corrected chi connectivity index (χ1v) is 18.5. The number of rotatable bonds is 5. The van der Waals surface area contributed by atoms with Crippen LogP contribution >= 0.6 is 11.6 Å². The molecule has 0 aromatic heterocycles. The van der Waals surface area contributed by atoms with Crippen LogP contribution in [0.2, 0.25) is 0 Å². The van der Waals surface area contributed by atoms with Crippen molar-refractivity contribution in [1.82, 2.24) is 8.43 Å². The van der Waals surface area contributed by atoms with Crippen molar-refractivity contribution >= 4 is 22.7 Å². The van der Waals surface area contributed by atoms with Crippen molar-refractivity contribution in [3.8, 4) is 0 Å². The van der Waals surface area contributed by atoms with Gasteiger partial charge in [-0.05, 0) is 0 Å². The van der Waals surface area contributed by atoms with Crippen LogP contribution in [0.15, 0.2) is 58.6 Å². The number of ether oxygens (including phenoxy) is 1. The van der Waals surface area contributed by atoms with Gasteiger partial charge < -0.3 is 0 Å². The number of hydrogen-bond acceptors (Lipinski definition) is 4. The van der Waals surface area contributed by atoms with Crippen LogP contribution in [0, 0.1) is 17.3 Å². The summed E-state index contributed by atoms with van der Waals surface area (Å²) < 4.78 is 11.0. The minimum absolute atomic E-state index is 0.0232. The van der Waals surface area contributed by atoms with Crippen LogP contribution in [0.1, 0.15) is 76.2 Å². The van der Waals surface area contributed by atoms with E-state index in [1.807, 2.05) is 6.08 Å². The molecular formula is C33H44ClIN3O2-. The van der Waals surface area contributed by atoms with Gasteiger partial charge in [-0.1, -0.05) is 0 Å². The number of halogens is 2. The zero-order valence-corrected chi connectivity index (χ0v) is 26.7. The fourth-order valence-electron chi connectivity index (χ4n) is 8.28. The number of alkyl halides is 1. The van der Waals surface area contributed by atoms with Crippen molar-refractivity contribution in [2.45, 2.75) is 82.8 Å². The number of fused-ring (bicyclic) bond motifs is 1. The van der Waals surface area contributed by atoms with Gasteiger partial charge in [0.15, 0.2) is 0 Å². The molecule has 1 N–H and O–H groups in total. The molecule has 5 atom stereocenters. The van der Waals surface area contributed by atoms with Crippen LogP contribution in [0.4, 0.5) is 0 Å². The van der Waals surface area contributed by atoms with E-state index in [-0.39, 0.29) is 38.9 Å². The third kappa shape index (κ3) is 5.71. The summed E-state index contributed by atoms with van der Waals surface area (Å²) in [6.45, 7) is 5.08. The molecule has 1 spiro atoms. The van der Waals surface area contributed by atoms with Gasteiger partial charge >= 0.3 is 257 Å². The molecule has 1 unspecified atom stereocenters. The summed E-state index contributed by atoms with van der Waals surface area (Å²) in [6.07, 6.45) is 14.8. The Bertz CT molecular complexity index is 1150. The Balaban J connectivity index is 1.33. The normalized spacial score (nSPS) is 33.6. The second-order valence-electron chi connectivity index (χ2n) is 12.3. The van der Waals surface area contributed by atoms with Gasteiger partial charge in [0, 0.05) is 0 Å². The molecule has 1 amide bonds. The van der Waals surface area contributed by atoms with Crippen LogP contribution in [0.25, 0.3) is 0 Å². The van der Waals surface area contributed by atoms with E-state index in [1.165, 1.54) is 48.8 Å². The zero-order valence-electron chi connectivity index (χ0n) is 23.8. The number of carbonyl (C=O) groups is 1. The number of piperidine rings is 1. The van der Waals surface area contributed by atoms with Crippen molar-refractivity contribution in [3.05, 3.63) is 59.2 Å². The number of benzene rings is 1. The summed E-state index contributed by atoms with van der Waals surface area (Å²) in [7, 11) is 0. The zero-order chi connectivity index (χ0) is 27.5. The number of amides is 1. The molecule has 3 fully saturated rings. The summed E-state index contributed by atoms with van der Waals surface area (Å²) in [5.41, 5.74) is 3.76. The third-order valence-electron chi connectivity index (χ3n) is 10.3. The van der Waals surface area contributed by atoms with Crippen molar-refractivity contribution < 1.29 is 31.0 Å². The van der Waals surface area contributed by atoms with E-state index >= 15 is 0 Å². The molecule has 2 aliphatic carbocycles. The van der Waals surface area contributed by atoms with Crippen molar-refractivity contribution in [3.63, 3.8) is 0 Å². The molecule has 1 saturated carbocycles. The average Bonchev–Trinajstić information content (AvgIpc) is 3.22. The summed E-state index contributed by atoms with van der Waals surface area (Å²) in [6, 6.07) is 11.4. The summed E-state index contributed by atoms with van der Waals surface area (Å²) in [5.74, 6) is 1.63. The molecule has 3 aliphatic heterocycles. The van der Waals surface area contributed by atoms with Gasteiger partial charge in [0.05, 0.1) is 0 Å². The van der Waals surface area contributed by atoms with Crippen LogP contribution < -0.4 is 25.0 Å². The number of aliphatic imine (C=N–C) groups is 1. The Hall–Kier alpha value is -1.22. The first kappa shape index (κ1) is 28.9. The van der Waals surface area contributed by atoms with Crippen molar-refractivity contribution in [2.75, 3.05) is 30.7 Å². The molecule has 1 aromatic rings. The van der Waals surface area contributed by atoms with Gasteiger partial charge in [-0.15, -0.1) is 0 Å². The van der Waals surface area contributed by atoms with E-state index in [2.05, 4.69) is 56.8 Å². The molecular weight excluding hydrogens is 633 g/mol. The quantitative estimate of drug-likeness (QED) is 0.296. The molecule has 7 heteroatoms. The first-order valence-electron chi connectivity index (χ1n) is 15.5. The molecule has 2 saturated heterocycles. The molecule has 3 heterocycles. The summed E-state index contributed by atoms with van der Waals surface area (Å²) in [4.78, 5) is 22.0. The van der Waals surface area contributed by atoms with Gasteiger partial charge in [-0.3, -0.25) is 0 Å². The van der Waals surface area contributed by atoms with E-state index in [9.17, 15) is 4.79 Å². The van der Waals surface area contributed by atoms with E-state index in [0.717, 1.165) is 43.2 Å². The SMILES string of the molecule is CCOC1CC[C@]2(CN[I-]C[C@H]2C(=O)N2CC[C@@H](c3ccccc3)C[C@H]2C2CCCCC2)C2=C1CN=C(Cl)C=C2. The van der Waals surface area contributed by atoms with E-state index in [0.29, 0.717) is 42.1 Å². The Morgan fingerprint density at radius 1 is 1.15 bits per heavy atom. The van der Waals surface area contributed by atoms with E-state index in [4.69, 9.17) is 16.3 Å². The third-order valence-corrected chi connectivity index (χ3v) is 12.8. The molecule has 218 valence electrons. The molecule has 0 radical (unpaired) electrons. The first-order chi connectivity index (χ1) is 19.6. The topological polar surface area (TPSA) is 53.9 Å². The molecule has 6 rings (SSSR count). The second kappa shape index (κ2) is 13.0. The summed E-state index contributed by atoms with van der Waals surface area (Å²) >= 11 is 6.24. The predicted octanol–water partition coefficient (Wildman–Crippen LogP) is 3.25. The monoisotopic (exact) mass is 676 g/mol. The predicted molar refractivity (Wildman–Crippen MR) is 158 cm³/mol. The second-order valence-corrected chi connectivity index (χ2v) is 15.1. The minimum atomic E-state index is -0.209. The van der Waals surface area contributed by atoms with Crippen LogP contribution in [-0.2, 0) is 9.53 Å². The molecule has 1 aromatic carbocycles.